The van der Waals surface area contributed by atoms with Crippen molar-refractivity contribution < 1.29 is 18.0 Å². The van der Waals surface area contributed by atoms with Gasteiger partial charge < -0.3 is 10.2 Å². The number of amides is 1. The monoisotopic (exact) mass is 354 g/mol. The number of rotatable bonds is 5. The Morgan fingerprint density at radius 2 is 1.88 bits per heavy atom. The number of carbonyl (C=O) groups excluding carboxylic acids is 1. The molecule has 1 aromatic carbocycles. The van der Waals surface area contributed by atoms with Gasteiger partial charge in [-0.15, -0.1) is 0 Å². The van der Waals surface area contributed by atoms with Crippen LogP contribution in [0.1, 0.15) is 33.4 Å². The van der Waals surface area contributed by atoms with Crippen LogP contribution >= 0.6 is 0 Å². The molecule has 0 radical (unpaired) electrons. The quantitative estimate of drug-likeness (QED) is 0.898. The first kappa shape index (κ1) is 19.0. The van der Waals surface area contributed by atoms with Gasteiger partial charge in [-0.25, -0.2) is 0 Å². The second kappa shape index (κ2) is 7.26. The van der Waals surface area contributed by atoms with Gasteiger partial charge in [-0.2, -0.15) is 18.3 Å². The largest absolute Gasteiger partial charge is 0.435 e. The highest BCUT2D eigenvalue weighted by atomic mass is 19.4. The van der Waals surface area contributed by atoms with Crippen LogP contribution in [-0.4, -0.2) is 41.2 Å². The lowest BCUT2D eigenvalue weighted by molar-refractivity contribution is -0.141. The Labute approximate surface area is 144 Å². The van der Waals surface area contributed by atoms with Crippen molar-refractivity contribution in [2.75, 3.05) is 20.6 Å². The standard InChI is InChI=1S/C17H21F3N4O/c1-11-5-7-12(8-6-11)14(23(2)3)10-21-16(25)13-9-15(17(18,19)20)22-24(13)4/h5-9,14H,10H2,1-4H3,(H,21,25)/t14-/m1/s1. The summed E-state index contributed by atoms with van der Waals surface area (Å²) in [5.41, 5.74) is 0.924. The van der Waals surface area contributed by atoms with E-state index < -0.39 is 17.8 Å². The molecule has 8 heteroatoms. The van der Waals surface area contributed by atoms with E-state index in [4.69, 9.17) is 0 Å². The number of benzene rings is 1. The first-order valence-corrected chi connectivity index (χ1v) is 7.72. The molecule has 1 amide bonds. The lowest BCUT2D eigenvalue weighted by atomic mass is 10.0. The summed E-state index contributed by atoms with van der Waals surface area (Å²) in [4.78, 5) is 14.2. The molecule has 0 spiro atoms. The zero-order valence-electron chi connectivity index (χ0n) is 14.6. The predicted octanol–water partition coefficient (Wildman–Crippen LogP) is 2.78. The Balaban J connectivity index is 2.12. The Kier molecular flexibility index (Phi) is 5.52. The van der Waals surface area contributed by atoms with Crippen molar-refractivity contribution in [1.82, 2.24) is 20.0 Å². The third-order valence-electron chi connectivity index (χ3n) is 3.94. The molecule has 0 aliphatic carbocycles. The number of likely N-dealkylation sites (N-methyl/N-ethyl adjacent to an activating group) is 1. The molecule has 136 valence electrons. The van der Waals surface area contributed by atoms with Gasteiger partial charge in [-0.3, -0.25) is 9.48 Å². The topological polar surface area (TPSA) is 50.2 Å². The molecule has 0 aliphatic rings. The van der Waals surface area contributed by atoms with Gasteiger partial charge >= 0.3 is 6.18 Å². The highest BCUT2D eigenvalue weighted by molar-refractivity contribution is 5.92. The van der Waals surface area contributed by atoms with E-state index in [9.17, 15) is 18.0 Å². The van der Waals surface area contributed by atoms with E-state index in [0.29, 0.717) is 0 Å². The Bertz CT molecular complexity index is 735. The van der Waals surface area contributed by atoms with Crippen molar-refractivity contribution in [2.45, 2.75) is 19.1 Å². The van der Waals surface area contributed by atoms with E-state index in [2.05, 4.69) is 10.4 Å². The fraction of sp³-hybridized carbons (Fsp3) is 0.412. The van der Waals surface area contributed by atoms with E-state index in [1.165, 1.54) is 7.05 Å². The fourth-order valence-electron chi connectivity index (χ4n) is 2.49. The maximum absolute atomic E-state index is 12.7. The average molecular weight is 354 g/mol. The van der Waals surface area contributed by atoms with Crippen molar-refractivity contribution in [3.8, 4) is 0 Å². The number of carbonyl (C=O) groups is 1. The average Bonchev–Trinajstić information content (AvgIpc) is 2.91. The number of hydrogen-bond acceptors (Lipinski definition) is 3. The van der Waals surface area contributed by atoms with Crippen LogP contribution < -0.4 is 5.32 Å². The van der Waals surface area contributed by atoms with Gasteiger partial charge in [0.2, 0.25) is 0 Å². The molecule has 0 saturated carbocycles. The number of nitrogens with zero attached hydrogens (tertiary/aromatic N) is 3. The van der Waals surface area contributed by atoms with E-state index in [1.54, 1.807) is 0 Å². The minimum Gasteiger partial charge on any atom is -0.349 e. The van der Waals surface area contributed by atoms with Gasteiger partial charge in [0.15, 0.2) is 5.69 Å². The van der Waals surface area contributed by atoms with E-state index >= 15 is 0 Å². The molecule has 1 aromatic heterocycles. The molecule has 1 atom stereocenters. The maximum atomic E-state index is 12.7. The summed E-state index contributed by atoms with van der Waals surface area (Å²) in [6.45, 7) is 2.25. The highest BCUT2D eigenvalue weighted by Crippen LogP contribution is 2.28. The van der Waals surface area contributed by atoms with Gasteiger partial charge in [0, 0.05) is 19.7 Å². The zero-order chi connectivity index (χ0) is 18.8. The van der Waals surface area contributed by atoms with Crippen LogP contribution in [0.15, 0.2) is 30.3 Å². The summed E-state index contributed by atoms with van der Waals surface area (Å²) >= 11 is 0. The molecule has 0 unspecified atom stereocenters. The van der Waals surface area contributed by atoms with Crippen LogP contribution in [0.25, 0.3) is 0 Å². The van der Waals surface area contributed by atoms with Gasteiger partial charge in [0.25, 0.3) is 5.91 Å². The number of aryl methyl sites for hydroxylation is 2. The molecular formula is C17H21F3N4O. The molecule has 1 heterocycles. The molecule has 2 aromatic rings. The number of alkyl halides is 3. The minimum atomic E-state index is -4.58. The van der Waals surface area contributed by atoms with Gasteiger partial charge in [-0.05, 0) is 26.6 Å². The molecular weight excluding hydrogens is 333 g/mol. The number of aromatic nitrogens is 2. The van der Waals surface area contributed by atoms with Crippen molar-refractivity contribution in [2.24, 2.45) is 7.05 Å². The van der Waals surface area contributed by atoms with Crippen molar-refractivity contribution >= 4 is 5.91 Å². The maximum Gasteiger partial charge on any atom is 0.435 e. The minimum absolute atomic E-state index is 0.0973. The second-order valence-electron chi connectivity index (χ2n) is 6.14. The number of nitrogens with one attached hydrogen (secondary N) is 1. The molecule has 5 nitrogen and oxygen atoms in total. The molecule has 0 fully saturated rings. The third-order valence-corrected chi connectivity index (χ3v) is 3.94. The predicted molar refractivity (Wildman–Crippen MR) is 88.2 cm³/mol. The molecule has 25 heavy (non-hydrogen) atoms. The fourth-order valence-corrected chi connectivity index (χ4v) is 2.49. The van der Waals surface area contributed by atoms with Crippen LogP contribution in [0.5, 0.6) is 0 Å². The molecule has 1 N–H and O–H groups in total. The normalized spacial score (nSPS) is 13.1. The second-order valence-corrected chi connectivity index (χ2v) is 6.14. The van der Waals surface area contributed by atoms with Crippen LogP contribution in [0.2, 0.25) is 0 Å². The number of halogens is 3. The Hall–Kier alpha value is -2.35. The summed E-state index contributed by atoms with van der Waals surface area (Å²) in [7, 11) is 5.07. The van der Waals surface area contributed by atoms with E-state index in [0.717, 1.165) is 21.9 Å². The summed E-state index contributed by atoms with van der Waals surface area (Å²) in [6, 6.07) is 8.55. The first-order valence-electron chi connectivity index (χ1n) is 7.72. The van der Waals surface area contributed by atoms with Crippen LogP contribution in [0.4, 0.5) is 13.2 Å². The summed E-state index contributed by atoms with van der Waals surface area (Å²) < 4.78 is 39.1. The SMILES string of the molecule is Cc1ccc([C@@H](CNC(=O)c2cc(C(F)(F)F)nn2C)N(C)C)cc1. The van der Waals surface area contributed by atoms with Crippen LogP contribution in [0, 0.1) is 6.92 Å². The molecule has 0 bridgehead atoms. The van der Waals surface area contributed by atoms with Gasteiger partial charge in [0.1, 0.15) is 5.69 Å². The van der Waals surface area contributed by atoms with E-state index in [1.807, 2.05) is 50.2 Å². The lowest BCUT2D eigenvalue weighted by Crippen LogP contribution is -2.35. The van der Waals surface area contributed by atoms with Crippen molar-refractivity contribution in [1.29, 1.82) is 0 Å². The Morgan fingerprint density at radius 1 is 1.28 bits per heavy atom. The van der Waals surface area contributed by atoms with Crippen molar-refractivity contribution in [3.63, 3.8) is 0 Å². The molecule has 0 saturated heterocycles. The van der Waals surface area contributed by atoms with Crippen LogP contribution in [-0.2, 0) is 13.2 Å². The van der Waals surface area contributed by atoms with Gasteiger partial charge in [0.05, 0.1) is 6.04 Å². The smallest absolute Gasteiger partial charge is 0.349 e. The molecule has 2 rings (SSSR count). The van der Waals surface area contributed by atoms with Crippen LogP contribution in [0.3, 0.4) is 0 Å². The highest BCUT2D eigenvalue weighted by Gasteiger charge is 2.35. The summed E-state index contributed by atoms with van der Waals surface area (Å²) in [5.74, 6) is -0.593. The molecule has 0 aliphatic heterocycles. The third kappa shape index (κ3) is 4.60. The lowest BCUT2D eigenvalue weighted by Gasteiger charge is -2.25. The van der Waals surface area contributed by atoms with Gasteiger partial charge in [-0.1, -0.05) is 29.8 Å². The number of hydrogen-bond donors (Lipinski definition) is 1. The Morgan fingerprint density at radius 3 is 2.36 bits per heavy atom. The summed E-state index contributed by atoms with van der Waals surface area (Å²) in [5, 5.41) is 6.04. The first-order chi connectivity index (χ1) is 11.6. The zero-order valence-corrected chi connectivity index (χ0v) is 14.6. The van der Waals surface area contributed by atoms with Crippen molar-refractivity contribution in [3.05, 3.63) is 52.8 Å². The summed E-state index contributed by atoms with van der Waals surface area (Å²) in [6.07, 6.45) is -4.58. The van der Waals surface area contributed by atoms with E-state index in [-0.39, 0.29) is 18.3 Å².